The highest BCUT2D eigenvalue weighted by molar-refractivity contribution is 9.10. The number of benzene rings is 2. The van der Waals surface area contributed by atoms with E-state index in [-0.39, 0.29) is 22.6 Å². The molecule has 10 heteroatoms. The third kappa shape index (κ3) is 4.85. The number of anilines is 1. The summed E-state index contributed by atoms with van der Waals surface area (Å²) in [5.74, 6) is 0.515. The first kappa shape index (κ1) is 22.8. The van der Waals surface area contributed by atoms with E-state index in [9.17, 15) is 18.0 Å². The molecular formula is C23H18BrF3N4O2. The lowest BCUT2D eigenvalue weighted by molar-refractivity contribution is -0.119. The summed E-state index contributed by atoms with van der Waals surface area (Å²) < 4.78 is 46.1. The van der Waals surface area contributed by atoms with Gasteiger partial charge in [0.05, 0.1) is 18.2 Å². The van der Waals surface area contributed by atoms with Crippen LogP contribution in [0, 0.1) is 0 Å². The van der Waals surface area contributed by atoms with Crippen molar-refractivity contribution >= 4 is 32.8 Å². The zero-order valence-electron chi connectivity index (χ0n) is 17.6. The van der Waals surface area contributed by atoms with Gasteiger partial charge in [0.15, 0.2) is 0 Å². The van der Waals surface area contributed by atoms with Crippen molar-refractivity contribution in [3.63, 3.8) is 0 Å². The second-order valence-electron chi connectivity index (χ2n) is 7.33. The van der Waals surface area contributed by atoms with Gasteiger partial charge in [0, 0.05) is 35.0 Å². The SMILES string of the molecule is COc1ccc(-n2cc3cnc(N(C)CC(F)(F)F)nc3c(-c3ccc(Br)cc3)c2=O)cc1. The summed E-state index contributed by atoms with van der Waals surface area (Å²) in [6, 6.07) is 14.0. The Hall–Kier alpha value is -3.40. The molecule has 2 aromatic carbocycles. The molecule has 170 valence electrons. The number of methoxy groups -OCH3 is 1. The van der Waals surface area contributed by atoms with Crippen molar-refractivity contribution in [2.75, 3.05) is 25.6 Å². The summed E-state index contributed by atoms with van der Waals surface area (Å²) in [6.07, 6.45) is -1.42. The number of aromatic nitrogens is 3. The van der Waals surface area contributed by atoms with E-state index in [0.29, 0.717) is 22.4 Å². The Morgan fingerprint density at radius 1 is 1.09 bits per heavy atom. The predicted molar refractivity (Wildman–Crippen MR) is 124 cm³/mol. The van der Waals surface area contributed by atoms with Crippen molar-refractivity contribution in [3.8, 4) is 22.6 Å². The van der Waals surface area contributed by atoms with E-state index < -0.39 is 12.7 Å². The van der Waals surface area contributed by atoms with Crippen molar-refractivity contribution < 1.29 is 17.9 Å². The molecule has 0 spiro atoms. The second kappa shape index (κ2) is 8.86. The molecule has 0 bridgehead atoms. The zero-order valence-corrected chi connectivity index (χ0v) is 19.2. The molecule has 2 heterocycles. The van der Waals surface area contributed by atoms with Crippen LogP contribution in [0.2, 0.25) is 0 Å². The van der Waals surface area contributed by atoms with Crippen LogP contribution in [0.5, 0.6) is 5.75 Å². The lowest BCUT2D eigenvalue weighted by Gasteiger charge is -2.19. The van der Waals surface area contributed by atoms with Gasteiger partial charge >= 0.3 is 6.18 Å². The maximum absolute atomic E-state index is 13.6. The molecule has 2 aromatic heterocycles. The van der Waals surface area contributed by atoms with E-state index in [1.165, 1.54) is 17.8 Å². The second-order valence-corrected chi connectivity index (χ2v) is 8.25. The molecule has 0 fully saturated rings. The molecule has 0 atom stereocenters. The Morgan fingerprint density at radius 3 is 2.36 bits per heavy atom. The molecule has 4 aromatic rings. The number of halogens is 4. The Kier molecular flexibility index (Phi) is 6.11. The van der Waals surface area contributed by atoms with Gasteiger partial charge in [0.25, 0.3) is 5.56 Å². The van der Waals surface area contributed by atoms with E-state index in [1.54, 1.807) is 61.8 Å². The topological polar surface area (TPSA) is 60.2 Å². The molecule has 0 saturated heterocycles. The minimum Gasteiger partial charge on any atom is -0.497 e. The third-order valence-electron chi connectivity index (χ3n) is 4.98. The highest BCUT2D eigenvalue weighted by Gasteiger charge is 2.30. The van der Waals surface area contributed by atoms with Gasteiger partial charge in [0.1, 0.15) is 12.3 Å². The van der Waals surface area contributed by atoms with Crippen LogP contribution in [0.1, 0.15) is 0 Å². The van der Waals surface area contributed by atoms with Crippen LogP contribution in [-0.2, 0) is 0 Å². The minimum absolute atomic E-state index is 0.125. The van der Waals surface area contributed by atoms with E-state index in [4.69, 9.17) is 4.74 Å². The highest BCUT2D eigenvalue weighted by atomic mass is 79.9. The average Bonchev–Trinajstić information content (AvgIpc) is 2.78. The fourth-order valence-corrected chi connectivity index (χ4v) is 3.70. The maximum atomic E-state index is 13.6. The van der Waals surface area contributed by atoms with Crippen molar-refractivity contribution in [1.82, 2.24) is 14.5 Å². The summed E-state index contributed by atoms with van der Waals surface area (Å²) in [5.41, 5.74) is 1.35. The van der Waals surface area contributed by atoms with E-state index >= 15 is 0 Å². The van der Waals surface area contributed by atoms with Gasteiger partial charge in [0.2, 0.25) is 5.95 Å². The number of pyridine rings is 1. The summed E-state index contributed by atoms with van der Waals surface area (Å²) >= 11 is 3.38. The first-order valence-electron chi connectivity index (χ1n) is 9.77. The Morgan fingerprint density at radius 2 is 1.76 bits per heavy atom. The van der Waals surface area contributed by atoms with Gasteiger partial charge in [-0.15, -0.1) is 0 Å². The standard InChI is InChI=1S/C23H18BrF3N4O2/c1-30(13-23(25,26)27)22-28-11-15-12-31(17-7-9-18(33-2)10-8-17)21(32)19(20(15)29-22)14-3-5-16(24)6-4-14/h3-12H,13H2,1-2H3. The van der Waals surface area contributed by atoms with Crippen molar-refractivity contribution in [3.05, 3.63) is 75.8 Å². The monoisotopic (exact) mass is 518 g/mol. The van der Waals surface area contributed by atoms with Crippen LogP contribution in [0.3, 0.4) is 0 Å². The van der Waals surface area contributed by atoms with Gasteiger partial charge in [-0.25, -0.2) is 9.97 Å². The molecule has 6 nitrogen and oxygen atoms in total. The van der Waals surface area contributed by atoms with E-state index in [0.717, 1.165) is 9.37 Å². The Labute approximate surface area is 195 Å². The molecule has 0 radical (unpaired) electrons. The van der Waals surface area contributed by atoms with Gasteiger partial charge < -0.3 is 9.64 Å². The molecule has 4 rings (SSSR count). The summed E-state index contributed by atoms with van der Waals surface area (Å²) in [7, 11) is 2.81. The molecule has 0 saturated carbocycles. The number of fused-ring (bicyclic) bond motifs is 1. The third-order valence-corrected chi connectivity index (χ3v) is 5.51. The highest BCUT2D eigenvalue weighted by Crippen LogP contribution is 2.28. The van der Waals surface area contributed by atoms with Crippen LogP contribution in [0.4, 0.5) is 19.1 Å². The average molecular weight is 519 g/mol. The zero-order chi connectivity index (χ0) is 23.8. The Bertz CT molecular complexity index is 1350. The van der Waals surface area contributed by atoms with Crippen molar-refractivity contribution in [2.45, 2.75) is 6.18 Å². The number of hydrogen-bond acceptors (Lipinski definition) is 5. The number of nitrogens with zero attached hydrogens (tertiary/aromatic N) is 4. The van der Waals surface area contributed by atoms with E-state index in [2.05, 4.69) is 25.9 Å². The van der Waals surface area contributed by atoms with Gasteiger partial charge in [-0.05, 0) is 42.0 Å². The molecule has 0 N–H and O–H groups in total. The van der Waals surface area contributed by atoms with Crippen molar-refractivity contribution in [2.24, 2.45) is 0 Å². The van der Waals surface area contributed by atoms with Crippen LogP contribution in [0.15, 0.2) is 70.2 Å². The summed E-state index contributed by atoms with van der Waals surface area (Å²) in [5, 5.41) is 0.507. The Balaban J connectivity index is 1.95. The van der Waals surface area contributed by atoms with E-state index in [1.807, 2.05) is 0 Å². The number of alkyl halides is 3. The molecule has 0 amide bonds. The number of ether oxygens (including phenoxy) is 1. The fourth-order valence-electron chi connectivity index (χ4n) is 3.43. The number of rotatable bonds is 5. The first-order chi connectivity index (χ1) is 15.7. The minimum atomic E-state index is -4.42. The smallest absolute Gasteiger partial charge is 0.406 e. The molecule has 0 unspecified atom stereocenters. The van der Waals surface area contributed by atoms with Crippen LogP contribution < -0.4 is 15.2 Å². The van der Waals surface area contributed by atoms with Gasteiger partial charge in [-0.2, -0.15) is 13.2 Å². The van der Waals surface area contributed by atoms with Gasteiger partial charge in [-0.1, -0.05) is 28.1 Å². The lowest BCUT2D eigenvalue weighted by atomic mass is 10.0. The molecule has 33 heavy (non-hydrogen) atoms. The van der Waals surface area contributed by atoms with Gasteiger partial charge in [-0.3, -0.25) is 9.36 Å². The largest absolute Gasteiger partial charge is 0.497 e. The fraction of sp³-hybridized carbons (Fsp3) is 0.174. The predicted octanol–water partition coefficient (Wildman–Crippen LogP) is 5.22. The lowest BCUT2D eigenvalue weighted by Crippen LogP contribution is -2.32. The van der Waals surface area contributed by atoms with Crippen LogP contribution in [0.25, 0.3) is 27.7 Å². The normalized spacial score (nSPS) is 11.6. The van der Waals surface area contributed by atoms with Crippen molar-refractivity contribution in [1.29, 1.82) is 0 Å². The molecular weight excluding hydrogens is 501 g/mol. The quantitative estimate of drug-likeness (QED) is 0.362. The first-order valence-corrected chi connectivity index (χ1v) is 10.6. The molecule has 0 aliphatic carbocycles. The molecule has 0 aliphatic heterocycles. The maximum Gasteiger partial charge on any atom is 0.406 e. The molecule has 0 aliphatic rings. The summed E-state index contributed by atoms with van der Waals surface area (Å²) in [6.45, 7) is -1.21. The summed E-state index contributed by atoms with van der Waals surface area (Å²) in [4.78, 5) is 23.0. The van der Waals surface area contributed by atoms with Crippen LogP contribution in [-0.4, -0.2) is 41.4 Å². The number of hydrogen-bond donors (Lipinski definition) is 0. The van der Waals surface area contributed by atoms with Crippen LogP contribution >= 0.6 is 15.9 Å².